The van der Waals surface area contributed by atoms with E-state index in [2.05, 4.69) is 21.2 Å². The van der Waals surface area contributed by atoms with Crippen molar-refractivity contribution >= 4 is 29.4 Å². The third-order valence-electron chi connectivity index (χ3n) is 4.26. The van der Waals surface area contributed by atoms with Gasteiger partial charge in [0.2, 0.25) is 0 Å². The lowest BCUT2D eigenvalue weighted by Crippen LogP contribution is -2.37. The SMILES string of the molecule is COc1cccc(/C=N\NC(=O)C(=O)NCc2ccco2)c1Nc1ccccc1C. The van der Waals surface area contributed by atoms with Crippen molar-refractivity contribution in [3.8, 4) is 5.75 Å². The first-order valence-electron chi connectivity index (χ1n) is 9.21. The first-order valence-corrected chi connectivity index (χ1v) is 9.21. The molecule has 0 aliphatic carbocycles. The molecule has 3 aromatic rings. The second-order valence-electron chi connectivity index (χ2n) is 6.33. The van der Waals surface area contributed by atoms with Gasteiger partial charge < -0.3 is 19.8 Å². The predicted molar refractivity (Wildman–Crippen MR) is 114 cm³/mol. The van der Waals surface area contributed by atoms with E-state index in [1.165, 1.54) is 12.5 Å². The molecule has 0 aliphatic heterocycles. The molecule has 0 fully saturated rings. The summed E-state index contributed by atoms with van der Waals surface area (Å²) in [7, 11) is 1.57. The van der Waals surface area contributed by atoms with Crippen molar-refractivity contribution < 1.29 is 18.7 Å². The Labute approximate surface area is 173 Å². The van der Waals surface area contributed by atoms with E-state index in [0.717, 1.165) is 11.3 Å². The number of anilines is 2. The molecule has 30 heavy (non-hydrogen) atoms. The van der Waals surface area contributed by atoms with Gasteiger partial charge in [0.05, 0.1) is 31.8 Å². The summed E-state index contributed by atoms with van der Waals surface area (Å²) in [6, 6.07) is 16.7. The van der Waals surface area contributed by atoms with Crippen molar-refractivity contribution in [2.24, 2.45) is 5.10 Å². The molecule has 0 bridgehead atoms. The number of benzene rings is 2. The van der Waals surface area contributed by atoms with E-state index in [4.69, 9.17) is 9.15 Å². The summed E-state index contributed by atoms with van der Waals surface area (Å²) in [5.74, 6) is -0.533. The molecule has 0 spiro atoms. The van der Waals surface area contributed by atoms with Crippen molar-refractivity contribution in [2.45, 2.75) is 13.5 Å². The predicted octanol–water partition coefficient (Wildman–Crippen LogP) is 3.11. The molecular weight excluding hydrogens is 384 g/mol. The fraction of sp³-hybridized carbons (Fsp3) is 0.136. The van der Waals surface area contributed by atoms with Gasteiger partial charge in [-0.1, -0.05) is 30.3 Å². The van der Waals surface area contributed by atoms with Crippen molar-refractivity contribution in [1.82, 2.24) is 10.7 Å². The van der Waals surface area contributed by atoms with Gasteiger partial charge in [0.15, 0.2) is 0 Å². The number of para-hydroxylation sites is 2. The molecule has 8 heteroatoms. The number of hydrazone groups is 1. The van der Waals surface area contributed by atoms with Crippen molar-refractivity contribution in [3.05, 3.63) is 77.7 Å². The highest BCUT2D eigenvalue weighted by Gasteiger charge is 2.13. The van der Waals surface area contributed by atoms with E-state index < -0.39 is 11.8 Å². The lowest BCUT2D eigenvalue weighted by molar-refractivity contribution is -0.139. The van der Waals surface area contributed by atoms with Crippen LogP contribution >= 0.6 is 0 Å². The summed E-state index contributed by atoms with van der Waals surface area (Å²) in [6.45, 7) is 2.11. The summed E-state index contributed by atoms with van der Waals surface area (Å²) in [5, 5.41) is 9.69. The molecule has 0 atom stereocenters. The number of methoxy groups -OCH3 is 1. The highest BCUT2D eigenvalue weighted by atomic mass is 16.5. The first-order chi connectivity index (χ1) is 14.6. The van der Waals surface area contributed by atoms with E-state index in [0.29, 0.717) is 22.8 Å². The topological polar surface area (TPSA) is 105 Å². The normalized spacial score (nSPS) is 10.6. The van der Waals surface area contributed by atoms with E-state index >= 15 is 0 Å². The molecule has 0 saturated heterocycles. The van der Waals surface area contributed by atoms with Crippen LogP contribution in [0.25, 0.3) is 0 Å². The van der Waals surface area contributed by atoms with Crippen LogP contribution in [0.1, 0.15) is 16.9 Å². The van der Waals surface area contributed by atoms with Gasteiger partial charge in [-0.25, -0.2) is 5.43 Å². The van der Waals surface area contributed by atoms with Crippen LogP contribution in [-0.2, 0) is 16.1 Å². The average Bonchev–Trinajstić information content (AvgIpc) is 3.28. The van der Waals surface area contributed by atoms with Gasteiger partial charge in [0.25, 0.3) is 0 Å². The Kier molecular flexibility index (Phi) is 6.83. The fourth-order valence-corrected chi connectivity index (χ4v) is 2.68. The molecule has 154 valence electrons. The number of aryl methyl sites for hydroxylation is 1. The number of hydrogen-bond acceptors (Lipinski definition) is 6. The molecule has 2 aromatic carbocycles. The molecular formula is C22H22N4O4. The second kappa shape index (κ2) is 9.92. The molecule has 0 radical (unpaired) electrons. The molecule has 3 N–H and O–H groups in total. The van der Waals surface area contributed by atoms with Gasteiger partial charge in [-0.3, -0.25) is 9.59 Å². The quantitative estimate of drug-likeness (QED) is 0.318. The number of hydrogen-bond donors (Lipinski definition) is 3. The molecule has 0 saturated carbocycles. The van der Waals surface area contributed by atoms with Crippen LogP contribution in [-0.4, -0.2) is 25.1 Å². The monoisotopic (exact) mass is 406 g/mol. The Morgan fingerprint density at radius 2 is 1.90 bits per heavy atom. The Morgan fingerprint density at radius 3 is 2.63 bits per heavy atom. The zero-order valence-electron chi connectivity index (χ0n) is 16.6. The Hall–Kier alpha value is -4.07. The zero-order valence-corrected chi connectivity index (χ0v) is 16.6. The number of carbonyl (C=O) groups excluding carboxylic acids is 2. The maximum atomic E-state index is 11.9. The fourth-order valence-electron chi connectivity index (χ4n) is 2.68. The summed E-state index contributed by atoms with van der Waals surface area (Å²) in [5.41, 5.74) is 5.56. The van der Waals surface area contributed by atoms with Gasteiger partial charge >= 0.3 is 11.8 Å². The van der Waals surface area contributed by atoms with Gasteiger partial charge in [-0.15, -0.1) is 0 Å². The number of nitrogens with zero attached hydrogens (tertiary/aromatic N) is 1. The summed E-state index contributed by atoms with van der Waals surface area (Å²) in [4.78, 5) is 23.8. The van der Waals surface area contributed by atoms with Crippen LogP contribution in [0.2, 0.25) is 0 Å². The van der Waals surface area contributed by atoms with Gasteiger partial charge in [-0.2, -0.15) is 5.10 Å². The molecule has 1 heterocycles. The molecule has 0 unspecified atom stereocenters. The first kappa shape index (κ1) is 20.7. The van der Waals surface area contributed by atoms with E-state index in [1.54, 1.807) is 25.3 Å². The molecule has 8 nitrogen and oxygen atoms in total. The number of furan rings is 1. The van der Waals surface area contributed by atoms with Crippen molar-refractivity contribution in [2.75, 3.05) is 12.4 Å². The number of ether oxygens (including phenoxy) is 1. The van der Waals surface area contributed by atoms with Crippen LogP contribution in [0, 0.1) is 6.92 Å². The summed E-state index contributed by atoms with van der Waals surface area (Å²) < 4.78 is 10.5. The summed E-state index contributed by atoms with van der Waals surface area (Å²) in [6.07, 6.45) is 2.93. The highest BCUT2D eigenvalue weighted by molar-refractivity contribution is 6.35. The molecule has 0 aliphatic rings. The van der Waals surface area contributed by atoms with Crippen LogP contribution in [0.5, 0.6) is 5.75 Å². The maximum Gasteiger partial charge on any atom is 0.329 e. The Morgan fingerprint density at radius 1 is 1.07 bits per heavy atom. The van der Waals surface area contributed by atoms with E-state index in [1.807, 2.05) is 43.3 Å². The number of nitrogens with one attached hydrogen (secondary N) is 3. The zero-order chi connectivity index (χ0) is 21.3. The minimum atomic E-state index is -0.880. The highest BCUT2D eigenvalue weighted by Crippen LogP contribution is 2.31. The van der Waals surface area contributed by atoms with Crippen LogP contribution in [0.15, 0.2) is 70.4 Å². The smallest absolute Gasteiger partial charge is 0.329 e. The third-order valence-corrected chi connectivity index (χ3v) is 4.26. The average molecular weight is 406 g/mol. The van der Waals surface area contributed by atoms with E-state index in [9.17, 15) is 9.59 Å². The Balaban J connectivity index is 1.68. The number of carbonyl (C=O) groups is 2. The largest absolute Gasteiger partial charge is 0.495 e. The van der Waals surface area contributed by atoms with Crippen molar-refractivity contribution in [3.63, 3.8) is 0 Å². The van der Waals surface area contributed by atoms with Crippen molar-refractivity contribution in [1.29, 1.82) is 0 Å². The van der Waals surface area contributed by atoms with Crippen LogP contribution in [0.3, 0.4) is 0 Å². The second-order valence-corrected chi connectivity index (χ2v) is 6.33. The van der Waals surface area contributed by atoms with E-state index in [-0.39, 0.29) is 6.54 Å². The standard InChI is InChI=1S/C22H22N4O4/c1-15-7-3-4-10-18(15)25-20-16(8-5-11-19(20)29-2)13-24-26-22(28)21(27)23-14-17-9-6-12-30-17/h3-13,25H,14H2,1-2H3,(H,23,27)(H,26,28)/b24-13-. The number of amides is 2. The molecule has 2 amide bonds. The lowest BCUT2D eigenvalue weighted by Gasteiger charge is -2.15. The van der Waals surface area contributed by atoms with Crippen LogP contribution in [0.4, 0.5) is 11.4 Å². The Bertz CT molecular complexity index is 1050. The van der Waals surface area contributed by atoms with Gasteiger partial charge in [0, 0.05) is 11.3 Å². The maximum absolute atomic E-state index is 11.9. The third kappa shape index (κ3) is 5.26. The molecule has 1 aromatic heterocycles. The van der Waals surface area contributed by atoms with Gasteiger partial charge in [0.1, 0.15) is 11.5 Å². The number of rotatable bonds is 7. The summed E-state index contributed by atoms with van der Waals surface area (Å²) >= 11 is 0. The minimum absolute atomic E-state index is 0.114. The van der Waals surface area contributed by atoms with Crippen LogP contribution < -0.4 is 20.8 Å². The lowest BCUT2D eigenvalue weighted by atomic mass is 10.1. The van der Waals surface area contributed by atoms with Gasteiger partial charge in [-0.05, 0) is 36.8 Å². The molecule has 3 rings (SSSR count). The minimum Gasteiger partial charge on any atom is -0.495 e.